The van der Waals surface area contributed by atoms with Crippen molar-refractivity contribution in [3.63, 3.8) is 0 Å². The summed E-state index contributed by atoms with van der Waals surface area (Å²) in [7, 11) is 1.65. The molecule has 3 nitrogen and oxygen atoms in total. The lowest BCUT2D eigenvalue weighted by Crippen LogP contribution is -1.93. The molecule has 0 aromatic heterocycles. The maximum atomic E-state index is 5.38. The highest BCUT2D eigenvalue weighted by Crippen LogP contribution is 2.35. The summed E-state index contributed by atoms with van der Waals surface area (Å²) in [6.45, 7) is 4.42. The molecule has 0 aliphatic carbocycles. The molecular weight excluding hydrogens is 240 g/mol. The van der Waals surface area contributed by atoms with Gasteiger partial charge in [0.25, 0.3) is 0 Å². The van der Waals surface area contributed by atoms with Gasteiger partial charge in [-0.2, -0.15) is 0 Å². The maximum absolute atomic E-state index is 5.38. The molecule has 3 heteroatoms. The minimum Gasteiger partial charge on any atom is -0.497 e. The Bertz CT molecular complexity index is 614. The quantitative estimate of drug-likeness (QED) is 0.839. The Hall–Kier alpha value is -2.42. The van der Waals surface area contributed by atoms with Gasteiger partial charge in [0.15, 0.2) is 11.5 Å². The van der Waals surface area contributed by atoms with Crippen molar-refractivity contribution < 1.29 is 14.2 Å². The van der Waals surface area contributed by atoms with Gasteiger partial charge in [0.1, 0.15) is 5.75 Å². The van der Waals surface area contributed by atoms with Crippen LogP contribution in [0.25, 0.3) is 5.57 Å². The third-order valence-electron chi connectivity index (χ3n) is 3.16. The van der Waals surface area contributed by atoms with Crippen molar-refractivity contribution in [2.75, 3.05) is 13.9 Å². The molecule has 2 aromatic rings. The molecule has 0 saturated heterocycles. The predicted molar refractivity (Wildman–Crippen MR) is 73.7 cm³/mol. The molecule has 3 rings (SSSR count). The summed E-state index contributed by atoms with van der Waals surface area (Å²) in [4.78, 5) is 0. The first kappa shape index (κ1) is 11.7. The molecule has 0 saturated carbocycles. The van der Waals surface area contributed by atoms with Crippen LogP contribution in [0.15, 0.2) is 49.0 Å². The second kappa shape index (κ2) is 4.69. The zero-order valence-corrected chi connectivity index (χ0v) is 10.7. The molecule has 0 spiro atoms. The molecule has 1 heterocycles. The Balaban J connectivity index is 1.90. The van der Waals surface area contributed by atoms with Crippen molar-refractivity contribution in [3.05, 3.63) is 60.2 Å². The van der Waals surface area contributed by atoms with Gasteiger partial charge in [-0.25, -0.2) is 0 Å². The van der Waals surface area contributed by atoms with Crippen molar-refractivity contribution in [2.45, 2.75) is 0 Å². The van der Waals surface area contributed by atoms with Crippen molar-refractivity contribution in [3.8, 4) is 17.2 Å². The Labute approximate surface area is 112 Å². The molecule has 2 aromatic carbocycles. The Morgan fingerprint density at radius 1 is 1.00 bits per heavy atom. The van der Waals surface area contributed by atoms with E-state index in [1.165, 1.54) is 0 Å². The topological polar surface area (TPSA) is 27.7 Å². The summed E-state index contributed by atoms with van der Waals surface area (Å²) in [5.74, 6) is 2.39. The monoisotopic (exact) mass is 254 g/mol. The first-order valence-corrected chi connectivity index (χ1v) is 6.01. The smallest absolute Gasteiger partial charge is 0.231 e. The average molecular weight is 254 g/mol. The Morgan fingerprint density at radius 2 is 1.68 bits per heavy atom. The van der Waals surface area contributed by atoms with E-state index in [0.717, 1.165) is 33.9 Å². The number of hydrogen-bond acceptors (Lipinski definition) is 3. The van der Waals surface area contributed by atoms with Crippen molar-refractivity contribution in [1.29, 1.82) is 0 Å². The average Bonchev–Trinajstić information content (AvgIpc) is 2.94. The zero-order chi connectivity index (χ0) is 13.2. The van der Waals surface area contributed by atoms with E-state index < -0.39 is 0 Å². The standard InChI is InChI=1S/C16H14O3/c1-11(12-3-6-14(17-2)7-4-12)13-5-8-15-16(9-13)19-10-18-15/h3-9H,1,10H2,2H3. The molecule has 1 aliphatic rings. The lowest BCUT2D eigenvalue weighted by molar-refractivity contribution is 0.174. The second-order valence-electron chi connectivity index (χ2n) is 4.28. The van der Waals surface area contributed by atoms with Crippen LogP contribution in [0.3, 0.4) is 0 Å². The van der Waals surface area contributed by atoms with Crippen LogP contribution in [0.2, 0.25) is 0 Å². The summed E-state index contributed by atoms with van der Waals surface area (Å²) < 4.78 is 15.8. The van der Waals surface area contributed by atoms with Crippen LogP contribution in [0.4, 0.5) is 0 Å². The fourth-order valence-electron chi connectivity index (χ4n) is 2.04. The van der Waals surface area contributed by atoms with Crippen molar-refractivity contribution in [1.82, 2.24) is 0 Å². The van der Waals surface area contributed by atoms with E-state index in [-0.39, 0.29) is 6.79 Å². The molecule has 96 valence electrons. The number of fused-ring (bicyclic) bond motifs is 1. The van der Waals surface area contributed by atoms with Crippen LogP contribution >= 0.6 is 0 Å². The lowest BCUT2D eigenvalue weighted by atomic mass is 9.99. The highest BCUT2D eigenvalue weighted by atomic mass is 16.7. The van der Waals surface area contributed by atoms with E-state index in [4.69, 9.17) is 14.2 Å². The number of methoxy groups -OCH3 is 1. The van der Waals surface area contributed by atoms with Gasteiger partial charge in [-0.3, -0.25) is 0 Å². The largest absolute Gasteiger partial charge is 0.497 e. The van der Waals surface area contributed by atoms with E-state index in [1.807, 2.05) is 42.5 Å². The number of hydrogen-bond donors (Lipinski definition) is 0. The second-order valence-corrected chi connectivity index (χ2v) is 4.28. The molecule has 0 radical (unpaired) electrons. The number of rotatable bonds is 3. The summed E-state index contributed by atoms with van der Waals surface area (Å²) in [5.41, 5.74) is 3.02. The van der Waals surface area contributed by atoms with Gasteiger partial charge in [0, 0.05) is 0 Å². The van der Waals surface area contributed by atoms with E-state index in [2.05, 4.69) is 6.58 Å². The van der Waals surface area contributed by atoms with Crippen LogP contribution in [0.1, 0.15) is 11.1 Å². The molecular formula is C16H14O3. The van der Waals surface area contributed by atoms with Crippen molar-refractivity contribution in [2.24, 2.45) is 0 Å². The molecule has 0 unspecified atom stereocenters. The van der Waals surface area contributed by atoms with Gasteiger partial charge in [-0.15, -0.1) is 0 Å². The van der Waals surface area contributed by atoms with E-state index in [9.17, 15) is 0 Å². The van der Waals surface area contributed by atoms with E-state index >= 15 is 0 Å². The fraction of sp³-hybridized carbons (Fsp3) is 0.125. The van der Waals surface area contributed by atoms with E-state index in [0.29, 0.717) is 0 Å². The van der Waals surface area contributed by atoms with Crippen LogP contribution in [0, 0.1) is 0 Å². The van der Waals surface area contributed by atoms with Gasteiger partial charge in [0.05, 0.1) is 7.11 Å². The van der Waals surface area contributed by atoms with Crippen LogP contribution < -0.4 is 14.2 Å². The fourth-order valence-corrected chi connectivity index (χ4v) is 2.04. The highest BCUT2D eigenvalue weighted by Gasteiger charge is 2.14. The molecule has 0 atom stereocenters. The third-order valence-corrected chi connectivity index (χ3v) is 3.16. The SMILES string of the molecule is C=C(c1ccc(OC)cc1)c1ccc2c(c1)OCO2. The minimum atomic E-state index is 0.286. The predicted octanol–water partition coefficient (Wildman–Crippen LogP) is 3.49. The summed E-state index contributed by atoms with van der Waals surface area (Å²) in [6.07, 6.45) is 0. The Morgan fingerprint density at radius 3 is 2.42 bits per heavy atom. The van der Waals surface area contributed by atoms with Gasteiger partial charge < -0.3 is 14.2 Å². The highest BCUT2D eigenvalue weighted by molar-refractivity contribution is 5.79. The zero-order valence-electron chi connectivity index (χ0n) is 10.7. The lowest BCUT2D eigenvalue weighted by Gasteiger charge is -2.08. The molecule has 0 bridgehead atoms. The minimum absolute atomic E-state index is 0.286. The molecule has 1 aliphatic heterocycles. The molecule has 19 heavy (non-hydrogen) atoms. The molecule has 0 fully saturated rings. The third kappa shape index (κ3) is 2.15. The number of ether oxygens (including phenoxy) is 3. The first-order valence-electron chi connectivity index (χ1n) is 6.01. The van der Waals surface area contributed by atoms with Gasteiger partial charge in [-0.1, -0.05) is 24.8 Å². The first-order chi connectivity index (χ1) is 9.28. The van der Waals surface area contributed by atoms with Gasteiger partial charge in [-0.05, 0) is 41.0 Å². The maximum Gasteiger partial charge on any atom is 0.231 e. The normalized spacial score (nSPS) is 12.3. The summed E-state index contributed by atoms with van der Waals surface area (Å²) >= 11 is 0. The van der Waals surface area contributed by atoms with Crippen LogP contribution in [0.5, 0.6) is 17.2 Å². The number of benzene rings is 2. The van der Waals surface area contributed by atoms with E-state index in [1.54, 1.807) is 7.11 Å². The molecule has 0 amide bonds. The molecule has 0 N–H and O–H groups in total. The van der Waals surface area contributed by atoms with Gasteiger partial charge in [0.2, 0.25) is 6.79 Å². The summed E-state index contributed by atoms with van der Waals surface area (Å²) in [5, 5.41) is 0. The summed E-state index contributed by atoms with van der Waals surface area (Å²) in [6, 6.07) is 13.7. The van der Waals surface area contributed by atoms with Crippen LogP contribution in [-0.4, -0.2) is 13.9 Å². The van der Waals surface area contributed by atoms with Crippen LogP contribution in [-0.2, 0) is 0 Å². The van der Waals surface area contributed by atoms with Gasteiger partial charge >= 0.3 is 0 Å². The van der Waals surface area contributed by atoms with Crippen molar-refractivity contribution >= 4 is 5.57 Å². The Kier molecular flexibility index (Phi) is 2.88.